The third-order valence-electron chi connectivity index (χ3n) is 4.18. The molecule has 5 nitrogen and oxygen atoms in total. The fourth-order valence-corrected chi connectivity index (χ4v) is 2.55. The first kappa shape index (κ1) is 20.5. The number of nitrogens with one attached hydrogen (secondary N) is 2. The van der Waals surface area contributed by atoms with Crippen LogP contribution in [0.15, 0.2) is 30.5 Å². The van der Waals surface area contributed by atoms with Crippen LogP contribution in [-0.2, 0) is 16.0 Å². The Hall–Kier alpha value is -1.56. The van der Waals surface area contributed by atoms with Crippen LogP contribution in [-0.4, -0.2) is 37.2 Å². The summed E-state index contributed by atoms with van der Waals surface area (Å²) in [5.41, 5.74) is 8.21. The second-order valence-corrected chi connectivity index (χ2v) is 6.79. The summed E-state index contributed by atoms with van der Waals surface area (Å²) in [6.07, 6.45) is 3.34. The van der Waals surface area contributed by atoms with E-state index in [9.17, 15) is 4.79 Å². The summed E-state index contributed by atoms with van der Waals surface area (Å²) in [4.78, 5) is 15.5. The van der Waals surface area contributed by atoms with E-state index < -0.39 is 6.04 Å². The van der Waals surface area contributed by atoms with Gasteiger partial charge in [-0.25, -0.2) is 0 Å². The first-order valence-electron chi connectivity index (χ1n) is 8.00. The fourth-order valence-electron chi connectivity index (χ4n) is 2.55. The number of hydrogen-bond donors (Lipinski definition) is 3. The van der Waals surface area contributed by atoms with Gasteiger partial charge in [-0.3, -0.25) is 4.79 Å². The first-order chi connectivity index (χ1) is 10.9. The van der Waals surface area contributed by atoms with Gasteiger partial charge in [-0.05, 0) is 29.9 Å². The Labute approximate surface area is 149 Å². The lowest BCUT2D eigenvalue weighted by atomic mass is 9.89. The van der Waals surface area contributed by atoms with Crippen LogP contribution in [0, 0.1) is 5.41 Å². The second kappa shape index (κ2) is 9.06. The molecule has 0 aliphatic heterocycles. The molecule has 0 aliphatic carbocycles. The number of amides is 1. The predicted octanol–water partition coefficient (Wildman–Crippen LogP) is 2.64. The Bertz CT molecular complexity index is 655. The molecule has 6 heteroatoms. The van der Waals surface area contributed by atoms with Gasteiger partial charge in [-0.2, -0.15) is 0 Å². The molecule has 134 valence electrons. The molecule has 2 rings (SSSR count). The number of hydrogen-bond acceptors (Lipinski definition) is 3. The van der Waals surface area contributed by atoms with Crippen molar-refractivity contribution in [2.45, 2.75) is 32.7 Å². The maximum atomic E-state index is 12.2. The van der Waals surface area contributed by atoms with Crippen molar-refractivity contribution in [3.8, 4) is 0 Å². The van der Waals surface area contributed by atoms with Gasteiger partial charge in [0.05, 0.1) is 6.04 Å². The van der Waals surface area contributed by atoms with Gasteiger partial charge >= 0.3 is 0 Å². The smallest absolute Gasteiger partial charge is 0.237 e. The van der Waals surface area contributed by atoms with Gasteiger partial charge in [0.1, 0.15) is 0 Å². The molecule has 0 spiro atoms. The van der Waals surface area contributed by atoms with Crippen molar-refractivity contribution in [2.24, 2.45) is 11.1 Å². The zero-order valence-electron chi connectivity index (χ0n) is 14.6. The van der Waals surface area contributed by atoms with E-state index in [1.807, 2.05) is 30.5 Å². The van der Waals surface area contributed by atoms with Gasteiger partial charge < -0.3 is 20.8 Å². The Morgan fingerprint density at radius 2 is 2.08 bits per heavy atom. The number of nitrogens with two attached hydrogens (primary N) is 1. The molecule has 2 aromatic rings. The minimum absolute atomic E-state index is 0. The molecule has 1 aromatic heterocycles. The van der Waals surface area contributed by atoms with Gasteiger partial charge in [-0.15, -0.1) is 12.4 Å². The number of para-hydroxylation sites is 1. The fraction of sp³-hybridized carbons (Fsp3) is 0.500. The number of methoxy groups -OCH3 is 1. The van der Waals surface area contributed by atoms with Crippen molar-refractivity contribution in [2.75, 3.05) is 20.3 Å². The van der Waals surface area contributed by atoms with Crippen molar-refractivity contribution < 1.29 is 9.53 Å². The van der Waals surface area contributed by atoms with Crippen molar-refractivity contribution in [3.63, 3.8) is 0 Å². The predicted molar refractivity (Wildman–Crippen MR) is 101 cm³/mol. The van der Waals surface area contributed by atoms with E-state index in [0.717, 1.165) is 22.9 Å². The molecule has 0 saturated heterocycles. The number of aromatic nitrogens is 1. The monoisotopic (exact) mass is 353 g/mol. The highest BCUT2D eigenvalue weighted by atomic mass is 35.5. The van der Waals surface area contributed by atoms with Crippen LogP contribution >= 0.6 is 12.4 Å². The maximum absolute atomic E-state index is 12.2. The van der Waals surface area contributed by atoms with E-state index in [1.165, 1.54) is 0 Å². The van der Waals surface area contributed by atoms with Crippen LogP contribution in [0.5, 0.6) is 0 Å². The number of benzene rings is 1. The molecule has 0 bridgehead atoms. The second-order valence-electron chi connectivity index (χ2n) is 6.79. The van der Waals surface area contributed by atoms with Gasteiger partial charge in [0.25, 0.3) is 0 Å². The summed E-state index contributed by atoms with van der Waals surface area (Å²) in [5, 5.41) is 4.08. The van der Waals surface area contributed by atoms with Crippen molar-refractivity contribution in [1.29, 1.82) is 0 Å². The molecule has 1 aromatic carbocycles. The molecule has 0 unspecified atom stereocenters. The highest BCUT2D eigenvalue weighted by Gasteiger charge is 2.21. The van der Waals surface area contributed by atoms with Crippen LogP contribution in [0.2, 0.25) is 0 Å². The molecule has 1 atom stereocenters. The Morgan fingerprint density at radius 3 is 2.79 bits per heavy atom. The topological polar surface area (TPSA) is 80.1 Å². The molecular formula is C18H28ClN3O2. The number of aromatic amines is 1. The van der Waals surface area contributed by atoms with Crippen molar-refractivity contribution >= 4 is 29.2 Å². The van der Waals surface area contributed by atoms with Crippen molar-refractivity contribution in [1.82, 2.24) is 10.3 Å². The first-order valence-corrected chi connectivity index (χ1v) is 8.00. The van der Waals surface area contributed by atoms with E-state index in [2.05, 4.69) is 24.1 Å². The number of rotatable bonds is 8. The van der Waals surface area contributed by atoms with Crippen LogP contribution < -0.4 is 11.1 Å². The van der Waals surface area contributed by atoms with E-state index in [4.69, 9.17) is 10.5 Å². The standard InChI is InChI=1S/C18H27N3O2.ClH/c1-18(2,8-9-23-3)12-21-17(22)15(19)10-13-11-20-16-7-5-4-6-14(13)16;/h4-7,11,15,20H,8-10,12,19H2,1-3H3,(H,21,22);1H/t15-;/m0./s1. The van der Waals surface area contributed by atoms with Crippen LogP contribution in [0.25, 0.3) is 10.9 Å². The van der Waals surface area contributed by atoms with E-state index >= 15 is 0 Å². The summed E-state index contributed by atoms with van der Waals surface area (Å²) < 4.78 is 5.10. The molecule has 24 heavy (non-hydrogen) atoms. The average molecular weight is 354 g/mol. The van der Waals surface area contributed by atoms with Gasteiger partial charge in [0, 0.05) is 37.4 Å². The average Bonchev–Trinajstić information content (AvgIpc) is 2.94. The number of carbonyl (C=O) groups is 1. The lowest BCUT2D eigenvalue weighted by Gasteiger charge is -2.25. The Morgan fingerprint density at radius 1 is 1.38 bits per heavy atom. The number of ether oxygens (including phenoxy) is 1. The van der Waals surface area contributed by atoms with E-state index in [0.29, 0.717) is 19.6 Å². The normalized spacial score (nSPS) is 12.7. The zero-order chi connectivity index (χ0) is 16.9. The molecular weight excluding hydrogens is 326 g/mol. The molecule has 1 heterocycles. The number of halogens is 1. The molecule has 0 radical (unpaired) electrons. The SMILES string of the molecule is COCCC(C)(C)CNC(=O)[C@@H](N)Cc1c[nH]c2ccccc12.Cl. The largest absolute Gasteiger partial charge is 0.385 e. The summed E-state index contributed by atoms with van der Waals surface area (Å²) in [5.74, 6) is -0.110. The summed E-state index contributed by atoms with van der Waals surface area (Å²) in [6, 6.07) is 7.48. The molecule has 4 N–H and O–H groups in total. The summed E-state index contributed by atoms with van der Waals surface area (Å²) in [6.45, 7) is 5.50. The van der Waals surface area contributed by atoms with Gasteiger partial charge in [-0.1, -0.05) is 32.0 Å². The van der Waals surface area contributed by atoms with Crippen LogP contribution in [0.3, 0.4) is 0 Å². The summed E-state index contributed by atoms with van der Waals surface area (Å²) >= 11 is 0. The quantitative estimate of drug-likeness (QED) is 0.682. The lowest BCUT2D eigenvalue weighted by Crippen LogP contribution is -2.45. The minimum atomic E-state index is -0.549. The highest BCUT2D eigenvalue weighted by Crippen LogP contribution is 2.20. The minimum Gasteiger partial charge on any atom is -0.385 e. The number of H-pyrrole nitrogens is 1. The zero-order valence-corrected chi connectivity index (χ0v) is 15.4. The van der Waals surface area contributed by atoms with E-state index in [1.54, 1.807) is 7.11 Å². The van der Waals surface area contributed by atoms with Crippen LogP contribution in [0.1, 0.15) is 25.8 Å². The Balaban J connectivity index is 0.00000288. The highest BCUT2D eigenvalue weighted by molar-refractivity contribution is 5.86. The molecule has 0 fully saturated rings. The number of fused-ring (bicyclic) bond motifs is 1. The summed E-state index contributed by atoms with van der Waals surface area (Å²) in [7, 11) is 1.69. The molecule has 1 amide bonds. The third kappa shape index (κ3) is 5.51. The van der Waals surface area contributed by atoms with Gasteiger partial charge in [0.2, 0.25) is 5.91 Å². The van der Waals surface area contributed by atoms with Crippen LogP contribution in [0.4, 0.5) is 0 Å². The van der Waals surface area contributed by atoms with Crippen molar-refractivity contribution in [3.05, 3.63) is 36.0 Å². The maximum Gasteiger partial charge on any atom is 0.237 e. The van der Waals surface area contributed by atoms with E-state index in [-0.39, 0.29) is 23.7 Å². The molecule has 0 aliphatic rings. The lowest BCUT2D eigenvalue weighted by molar-refractivity contribution is -0.122. The third-order valence-corrected chi connectivity index (χ3v) is 4.18. The van der Waals surface area contributed by atoms with Gasteiger partial charge in [0.15, 0.2) is 0 Å². The Kier molecular flexibility index (Phi) is 7.73. The molecule has 0 saturated carbocycles. The number of carbonyl (C=O) groups excluding carboxylic acids is 1.